The highest BCUT2D eigenvalue weighted by atomic mass is 16.5. The lowest BCUT2D eigenvalue weighted by molar-refractivity contribution is 0.0537. The highest BCUT2D eigenvalue weighted by molar-refractivity contribution is 5.91. The summed E-state index contributed by atoms with van der Waals surface area (Å²) in [6.45, 7) is 6.51. The molecule has 1 aromatic carbocycles. The van der Waals surface area contributed by atoms with Crippen molar-refractivity contribution in [2.45, 2.75) is 26.9 Å². The summed E-state index contributed by atoms with van der Waals surface area (Å²) in [7, 11) is 0. The van der Waals surface area contributed by atoms with Crippen LogP contribution in [0.4, 0.5) is 0 Å². The van der Waals surface area contributed by atoms with Gasteiger partial charge in [-0.25, -0.2) is 4.79 Å². The minimum atomic E-state index is -0.978. The van der Waals surface area contributed by atoms with Gasteiger partial charge in [0.05, 0.1) is 12.7 Å². The molecule has 94 valence electrons. The van der Waals surface area contributed by atoms with Crippen molar-refractivity contribution < 1.29 is 19.4 Å². The summed E-state index contributed by atoms with van der Waals surface area (Å²) in [5.74, 6) is -0.555. The SMILES string of the molecule is Cc1cccc(C(=O)O)c1OCCOC(C)C. The van der Waals surface area contributed by atoms with E-state index in [0.29, 0.717) is 19.0 Å². The zero-order chi connectivity index (χ0) is 12.8. The van der Waals surface area contributed by atoms with Crippen molar-refractivity contribution in [3.05, 3.63) is 29.3 Å². The van der Waals surface area contributed by atoms with E-state index in [-0.39, 0.29) is 11.7 Å². The number of ether oxygens (including phenoxy) is 2. The molecule has 1 aromatic rings. The first kappa shape index (κ1) is 13.5. The number of hydrogen-bond acceptors (Lipinski definition) is 3. The third kappa shape index (κ3) is 4.07. The summed E-state index contributed by atoms with van der Waals surface area (Å²) in [5, 5.41) is 9.02. The van der Waals surface area contributed by atoms with Crippen LogP contribution >= 0.6 is 0 Å². The van der Waals surface area contributed by atoms with Crippen LogP contribution in [-0.4, -0.2) is 30.4 Å². The Balaban J connectivity index is 2.66. The largest absolute Gasteiger partial charge is 0.490 e. The number of para-hydroxylation sites is 1. The van der Waals surface area contributed by atoms with E-state index in [1.54, 1.807) is 6.07 Å². The lowest BCUT2D eigenvalue weighted by Gasteiger charge is -2.13. The number of carboxylic acid groups (broad SMARTS) is 1. The van der Waals surface area contributed by atoms with Crippen LogP contribution in [0, 0.1) is 6.92 Å². The smallest absolute Gasteiger partial charge is 0.339 e. The standard InChI is InChI=1S/C13H18O4/c1-9(2)16-7-8-17-12-10(3)5-4-6-11(12)13(14)15/h4-6,9H,7-8H2,1-3H3,(H,14,15). The molecule has 0 aliphatic carbocycles. The van der Waals surface area contributed by atoms with Gasteiger partial charge in [-0.05, 0) is 32.4 Å². The molecule has 17 heavy (non-hydrogen) atoms. The Kier molecular flexibility index (Phi) is 4.97. The molecule has 0 bridgehead atoms. The Morgan fingerprint density at radius 1 is 1.35 bits per heavy atom. The number of hydrogen-bond donors (Lipinski definition) is 1. The van der Waals surface area contributed by atoms with E-state index in [4.69, 9.17) is 14.6 Å². The summed E-state index contributed by atoms with van der Waals surface area (Å²) in [6.07, 6.45) is 0.148. The van der Waals surface area contributed by atoms with Crippen LogP contribution < -0.4 is 4.74 Å². The molecule has 0 saturated carbocycles. The molecular formula is C13H18O4. The fraction of sp³-hybridized carbons (Fsp3) is 0.462. The Morgan fingerprint density at radius 2 is 2.06 bits per heavy atom. The third-order valence-electron chi connectivity index (χ3n) is 2.22. The lowest BCUT2D eigenvalue weighted by Crippen LogP contribution is -2.13. The quantitative estimate of drug-likeness (QED) is 0.774. The summed E-state index contributed by atoms with van der Waals surface area (Å²) < 4.78 is 10.8. The van der Waals surface area contributed by atoms with Crippen LogP contribution in [0.15, 0.2) is 18.2 Å². The normalized spacial score (nSPS) is 10.6. The lowest BCUT2D eigenvalue weighted by atomic mass is 10.1. The van der Waals surface area contributed by atoms with Crippen molar-refractivity contribution in [1.82, 2.24) is 0 Å². The van der Waals surface area contributed by atoms with Crippen molar-refractivity contribution in [3.63, 3.8) is 0 Å². The molecule has 0 amide bonds. The molecule has 0 heterocycles. The molecule has 0 aromatic heterocycles. The summed E-state index contributed by atoms with van der Waals surface area (Å²) in [5.41, 5.74) is 1.00. The van der Waals surface area contributed by atoms with Gasteiger partial charge in [0.15, 0.2) is 0 Å². The van der Waals surface area contributed by atoms with Crippen molar-refractivity contribution in [1.29, 1.82) is 0 Å². The van der Waals surface area contributed by atoms with Gasteiger partial charge in [0.25, 0.3) is 0 Å². The molecule has 0 saturated heterocycles. The van der Waals surface area contributed by atoms with E-state index >= 15 is 0 Å². The van der Waals surface area contributed by atoms with Crippen molar-refractivity contribution in [3.8, 4) is 5.75 Å². The highest BCUT2D eigenvalue weighted by Crippen LogP contribution is 2.23. The van der Waals surface area contributed by atoms with Gasteiger partial charge < -0.3 is 14.6 Å². The van der Waals surface area contributed by atoms with Crippen LogP contribution in [0.25, 0.3) is 0 Å². The summed E-state index contributed by atoms with van der Waals surface area (Å²) in [6, 6.07) is 5.06. The van der Waals surface area contributed by atoms with E-state index in [2.05, 4.69) is 0 Å². The number of carbonyl (C=O) groups is 1. The summed E-state index contributed by atoms with van der Waals surface area (Å²) in [4.78, 5) is 11.0. The van der Waals surface area contributed by atoms with Crippen LogP contribution in [-0.2, 0) is 4.74 Å². The zero-order valence-corrected chi connectivity index (χ0v) is 10.4. The second kappa shape index (κ2) is 6.25. The maximum Gasteiger partial charge on any atom is 0.339 e. The molecule has 0 spiro atoms. The van der Waals surface area contributed by atoms with Gasteiger partial charge in [-0.15, -0.1) is 0 Å². The monoisotopic (exact) mass is 238 g/mol. The van der Waals surface area contributed by atoms with Gasteiger partial charge in [-0.1, -0.05) is 12.1 Å². The van der Waals surface area contributed by atoms with Crippen molar-refractivity contribution >= 4 is 5.97 Å². The average molecular weight is 238 g/mol. The number of aromatic carboxylic acids is 1. The molecular weight excluding hydrogens is 220 g/mol. The second-order valence-electron chi connectivity index (χ2n) is 4.02. The topological polar surface area (TPSA) is 55.8 Å². The number of benzene rings is 1. The third-order valence-corrected chi connectivity index (χ3v) is 2.22. The minimum absolute atomic E-state index is 0.148. The first-order valence-corrected chi connectivity index (χ1v) is 5.59. The fourth-order valence-electron chi connectivity index (χ4n) is 1.44. The number of rotatable bonds is 6. The predicted molar refractivity (Wildman–Crippen MR) is 64.7 cm³/mol. The Hall–Kier alpha value is -1.55. The van der Waals surface area contributed by atoms with E-state index in [0.717, 1.165) is 5.56 Å². The molecule has 0 aliphatic rings. The predicted octanol–water partition coefficient (Wildman–Crippen LogP) is 2.50. The molecule has 4 heteroatoms. The average Bonchev–Trinajstić information content (AvgIpc) is 2.25. The van der Waals surface area contributed by atoms with Gasteiger partial charge in [0.2, 0.25) is 0 Å². The Labute approximate surface area is 101 Å². The van der Waals surface area contributed by atoms with Crippen LogP contribution in [0.2, 0.25) is 0 Å². The molecule has 0 radical (unpaired) electrons. The van der Waals surface area contributed by atoms with E-state index < -0.39 is 5.97 Å². The maximum absolute atomic E-state index is 11.0. The van der Waals surface area contributed by atoms with Gasteiger partial charge in [-0.2, -0.15) is 0 Å². The van der Waals surface area contributed by atoms with Gasteiger partial charge in [0, 0.05) is 0 Å². The van der Waals surface area contributed by atoms with Crippen LogP contribution in [0.5, 0.6) is 5.75 Å². The molecule has 1 N–H and O–H groups in total. The van der Waals surface area contributed by atoms with Gasteiger partial charge in [-0.3, -0.25) is 0 Å². The maximum atomic E-state index is 11.0. The van der Waals surface area contributed by atoms with Crippen LogP contribution in [0.1, 0.15) is 29.8 Å². The molecule has 0 aliphatic heterocycles. The summed E-state index contributed by atoms with van der Waals surface area (Å²) >= 11 is 0. The second-order valence-corrected chi connectivity index (χ2v) is 4.02. The molecule has 4 nitrogen and oxygen atoms in total. The molecule has 0 atom stereocenters. The van der Waals surface area contributed by atoms with E-state index in [1.165, 1.54) is 6.07 Å². The molecule has 0 unspecified atom stereocenters. The molecule has 1 rings (SSSR count). The van der Waals surface area contributed by atoms with Gasteiger partial charge >= 0.3 is 5.97 Å². The first-order chi connectivity index (χ1) is 8.02. The van der Waals surface area contributed by atoms with E-state index in [1.807, 2.05) is 26.8 Å². The Bertz CT molecular complexity index is 385. The Morgan fingerprint density at radius 3 is 2.65 bits per heavy atom. The number of carboxylic acids is 1. The van der Waals surface area contributed by atoms with Crippen molar-refractivity contribution in [2.24, 2.45) is 0 Å². The van der Waals surface area contributed by atoms with Crippen LogP contribution in [0.3, 0.4) is 0 Å². The zero-order valence-electron chi connectivity index (χ0n) is 10.4. The minimum Gasteiger partial charge on any atom is -0.490 e. The first-order valence-electron chi connectivity index (χ1n) is 5.59. The fourth-order valence-corrected chi connectivity index (χ4v) is 1.44. The number of aryl methyl sites for hydroxylation is 1. The van der Waals surface area contributed by atoms with E-state index in [9.17, 15) is 4.79 Å². The van der Waals surface area contributed by atoms with Gasteiger partial charge in [0.1, 0.15) is 17.9 Å². The highest BCUT2D eigenvalue weighted by Gasteiger charge is 2.12. The van der Waals surface area contributed by atoms with Crippen molar-refractivity contribution in [2.75, 3.05) is 13.2 Å². The molecule has 0 fully saturated rings.